The molecule has 2 aromatic carbocycles. The number of nitrogens with one attached hydrogen (secondary N) is 2. The minimum Gasteiger partial charge on any atom is -0.322 e. The molecule has 5 nitrogen and oxygen atoms in total. The number of amides is 2. The Bertz CT molecular complexity index is 902. The molecular weight excluding hydrogens is 310 g/mol. The Morgan fingerprint density at radius 2 is 1.87 bits per heavy atom. The summed E-state index contributed by atoms with van der Waals surface area (Å²) in [6.07, 6.45) is 0. The highest BCUT2D eigenvalue weighted by atomic mass is 32.1. The molecule has 0 aliphatic carbocycles. The molecule has 0 bridgehead atoms. The quantitative estimate of drug-likeness (QED) is 0.769. The molecule has 2 N–H and O–H groups in total. The van der Waals surface area contributed by atoms with E-state index in [1.54, 1.807) is 12.1 Å². The lowest BCUT2D eigenvalue weighted by Crippen LogP contribution is -2.13. The molecule has 1 heterocycles. The van der Waals surface area contributed by atoms with Gasteiger partial charge < -0.3 is 10.6 Å². The van der Waals surface area contributed by atoms with Gasteiger partial charge in [0, 0.05) is 18.2 Å². The number of anilines is 2. The van der Waals surface area contributed by atoms with E-state index in [4.69, 9.17) is 0 Å². The largest absolute Gasteiger partial charge is 0.322 e. The van der Waals surface area contributed by atoms with Crippen molar-refractivity contribution in [3.05, 3.63) is 53.6 Å². The van der Waals surface area contributed by atoms with Gasteiger partial charge in [0.15, 0.2) is 5.13 Å². The van der Waals surface area contributed by atoms with Crippen LogP contribution in [0.2, 0.25) is 0 Å². The van der Waals surface area contributed by atoms with Crippen molar-refractivity contribution >= 4 is 44.2 Å². The van der Waals surface area contributed by atoms with E-state index in [0.29, 0.717) is 16.4 Å². The molecule has 1 aromatic heterocycles. The molecule has 0 saturated carbocycles. The Labute approximate surface area is 137 Å². The smallest absolute Gasteiger partial charge is 0.255 e. The van der Waals surface area contributed by atoms with Gasteiger partial charge in [-0.05, 0) is 36.8 Å². The minimum atomic E-state index is -0.155. The summed E-state index contributed by atoms with van der Waals surface area (Å²) in [6, 6.07) is 12.9. The zero-order chi connectivity index (χ0) is 16.4. The molecule has 0 atom stereocenters. The first-order chi connectivity index (χ1) is 11.0. The van der Waals surface area contributed by atoms with E-state index in [1.807, 2.05) is 37.3 Å². The summed E-state index contributed by atoms with van der Waals surface area (Å²) < 4.78 is 0.947. The number of hydrogen-bond donors (Lipinski definition) is 2. The lowest BCUT2D eigenvalue weighted by Gasteiger charge is -2.07. The summed E-state index contributed by atoms with van der Waals surface area (Å²) >= 11 is 1.40. The fraction of sp³-hybridized carbons (Fsp3) is 0.118. The first-order valence-electron chi connectivity index (χ1n) is 7.08. The third-order valence-electron chi connectivity index (χ3n) is 3.32. The first-order valence-corrected chi connectivity index (χ1v) is 7.90. The van der Waals surface area contributed by atoms with Crippen LogP contribution < -0.4 is 10.6 Å². The van der Waals surface area contributed by atoms with Crippen LogP contribution in [0.4, 0.5) is 10.8 Å². The predicted molar refractivity (Wildman–Crippen MR) is 93.1 cm³/mol. The van der Waals surface area contributed by atoms with Crippen molar-refractivity contribution in [2.45, 2.75) is 13.8 Å². The Balaban J connectivity index is 1.84. The van der Waals surface area contributed by atoms with Crippen LogP contribution >= 0.6 is 11.3 Å². The number of nitrogens with zero attached hydrogens (tertiary/aromatic N) is 1. The highest BCUT2D eigenvalue weighted by Gasteiger charge is 2.10. The molecule has 2 amide bonds. The molecular formula is C17H15N3O2S. The highest BCUT2D eigenvalue weighted by molar-refractivity contribution is 7.22. The van der Waals surface area contributed by atoms with Gasteiger partial charge in [0.2, 0.25) is 5.91 Å². The number of hydrogen-bond acceptors (Lipinski definition) is 4. The molecule has 23 heavy (non-hydrogen) atoms. The third-order valence-corrected chi connectivity index (χ3v) is 4.27. The van der Waals surface area contributed by atoms with Gasteiger partial charge in [-0.3, -0.25) is 9.59 Å². The fourth-order valence-corrected chi connectivity index (χ4v) is 3.13. The van der Waals surface area contributed by atoms with Gasteiger partial charge in [-0.15, -0.1) is 0 Å². The second kappa shape index (κ2) is 6.18. The summed E-state index contributed by atoms with van der Waals surface area (Å²) in [5, 5.41) is 6.10. The molecule has 0 aliphatic heterocycles. The van der Waals surface area contributed by atoms with E-state index in [0.717, 1.165) is 15.8 Å². The molecule has 0 unspecified atom stereocenters. The monoisotopic (exact) mass is 325 g/mol. The summed E-state index contributed by atoms with van der Waals surface area (Å²) in [4.78, 5) is 27.8. The van der Waals surface area contributed by atoms with Crippen LogP contribution in [0.1, 0.15) is 22.8 Å². The van der Waals surface area contributed by atoms with Gasteiger partial charge in [-0.2, -0.15) is 0 Å². The SMILES string of the molecule is CC(=O)Nc1nc2cc(NC(=O)c3ccccc3C)ccc2s1. The number of benzene rings is 2. The first kappa shape index (κ1) is 15.2. The van der Waals surface area contributed by atoms with Crippen molar-refractivity contribution in [3.63, 3.8) is 0 Å². The number of fused-ring (bicyclic) bond motifs is 1. The van der Waals surface area contributed by atoms with E-state index < -0.39 is 0 Å². The normalized spacial score (nSPS) is 10.5. The summed E-state index contributed by atoms with van der Waals surface area (Å²) in [7, 11) is 0. The van der Waals surface area contributed by atoms with Crippen LogP contribution in [-0.2, 0) is 4.79 Å². The maximum absolute atomic E-state index is 12.3. The molecule has 3 rings (SSSR count). The van der Waals surface area contributed by atoms with E-state index in [1.165, 1.54) is 18.3 Å². The number of rotatable bonds is 3. The molecule has 116 valence electrons. The van der Waals surface area contributed by atoms with Crippen LogP contribution in [0, 0.1) is 6.92 Å². The third kappa shape index (κ3) is 3.37. The van der Waals surface area contributed by atoms with Gasteiger partial charge >= 0.3 is 0 Å². The van der Waals surface area contributed by atoms with Gasteiger partial charge in [0.1, 0.15) is 0 Å². The van der Waals surface area contributed by atoms with Crippen molar-refractivity contribution in [2.24, 2.45) is 0 Å². The minimum absolute atomic E-state index is 0.153. The maximum atomic E-state index is 12.3. The van der Waals surface area contributed by atoms with Crippen molar-refractivity contribution in [2.75, 3.05) is 10.6 Å². The zero-order valence-corrected chi connectivity index (χ0v) is 13.5. The lowest BCUT2D eigenvalue weighted by molar-refractivity contribution is -0.114. The molecule has 0 radical (unpaired) electrons. The number of carbonyl (C=O) groups excluding carboxylic acids is 2. The fourth-order valence-electron chi connectivity index (χ4n) is 2.24. The molecule has 0 spiro atoms. The van der Waals surface area contributed by atoms with E-state index in [-0.39, 0.29) is 11.8 Å². The van der Waals surface area contributed by atoms with Crippen LogP contribution in [0.3, 0.4) is 0 Å². The number of aryl methyl sites for hydroxylation is 1. The zero-order valence-electron chi connectivity index (χ0n) is 12.7. The molecule has 0 fully saturated rings. The van der Waals surface area contributed by atoms with Gasteiger partial charge in [0.05, 0.1) is 10.2 Å². The Hall–Kier alpha value is -2.73. The van der Waals surface area contributed by atoms with E-state index >= 15 is 0 Å². The highest BCUT2D eigenvalue weighted by Crippen LogP contribution is 2.28. The molecule has 3 aromatic rings. The van der Waals surface area contributed by atoms with Crippen LogP contribution in [0.25, 0.3) is 10.2 Å². The van der Waals surface area contributed by atoms with Crippen molar-refractivity contribution in [3.8, 4) is 0 Å². The van der Waals surface area contributed by atoms with Gasteiger partial charge in [0.25, 0.3) is 5.91 Å². The maximum Gasteiger partial charge on any atom is 0.255 e. The van der Waals surface area contributed by atoms with Gasteiger partial charge in [-0.25, -0.2) is 4.98 Å². The number of thiazole rings is 1. The molecule has 0 aliphatic rings. The van der Waals surface area contributed by atoms with Crippen molar-refractivity contribution in [1.29, 1.82) is 0 Å². The Morgan fingerprint density at radius 3 is 2.61 bits per heavy atom. The van der Waals surface area contributed by atoms with Crippen LogP contribution in [-0.4, -0.2) is 16.8 Å². The second-order valence-corrected chi connectivity index (χ2v) is 6.18. The van der Waals surface area contributed by atoms with Crippen molar-refractivity contribution < 1.29 is 9.59 Å². The summed E-state index contributed by atoms with van der Waals surface area (Å²) in [5.41, 5.74) is 2.98. The Kier molecular flexibility index (Phi) is 4.08. The topological polar surface area (TPSA) is 71.1 Å². The van der Waals surface area contributed by atoms with E-state index in [2.05, 4.69) is 15.6 Å². The van der Waals surface area contributed by atoms with Crippen LogP contribution in [0.15, 0.2) is 42.5 Å². The van der Waals surface area contributed by atoms with Crippen LogP contribution in [0.5, 0.6) is 0 Å². The average molecular weight is 325 g/mol. The summed E-state index contributed by atoms with van der Waals surface area (Å²) in [5.74, 6) is -0.308. The lowest BCUT2D eigenvalue weighted by atomic mass is 10.1. The molecule has 0 saturated heterocycles. The standard InChI is InChI=1S/C17H15N3O2S/c1-10-5-3-4-6-13(10)16(22)19-12-7-8-15-14(9-12)20-17(23-15)18-11(2)21/h3-9H,1-2H3,(H,19,22)(H,18,20,21). The van der Waals surface area contributed by atoms with E-state index in [9.17, 15) is 9.59 Å². The molecule has 6 heteroatoms. The van der Waals surface area contributed by atoms with Gasteiger partial charge in [-0.1, -0.05) is 29.5 Å². The number of aromatic nitrogens is 1. The van der Waals surface area contributed by atoms with Crippen molar-refractivity contribution in [1.82, 2.24) is 4.98 Å². The predicted octanol–water partition coefficient (Wildman–Crippen LogP) is 3.82. The Morgan fingerprint density at radius 1 is 1.09 bits per heavy atom. The second-order valence-electron chi connectivity index (χ2n) is 5.15. The summed E-state index contributed by atoms with van der Waals surface area (Å²) in [6.45, 7) is 3.35. The number of carbonyl (C=O) groups is 2. The average Bonchev–Trinajstić information content (AvgIpc) is 2.88.